The number of amides is 3. The average molecular weight is 404 g/mol. The normalized spacial score (nSPS) is 17.8. The summed E-state index contributed by atoms with van der Waals surface area (Å²) >= 11 is 0. The number of hydrogen-bond donors (Lipinski definition) is 4. The van der Waals surface area contributed by atoms with E-state index in [1.54, 1.807) is 12.1 Å². The van der Waals surface area contributed by atoms with E-state index in [9.17, 15) is 24.0 Å². The number of anilines is 1. The molecule has 2 rings (SSSR count). The van der Waals surface area contributed by atoms with E-state index in [4.69, 9.17) is 10.8 Å². The maximum Gasteiger partial charge on any atom is 0.305 e. The Morgan fingerprint density at radius 1 is 1.24 bits per heavy atom. The Hall–Kier alpha value is -3.43. The highest BCUT2D eigenvalue weighted by Crippen LogP contribution is 2.19. The summed E-state index contributed by atoms with van der Waals surface area (Å²) in [5.74, 6) is -2.70. The van der Waals surface area contributed by atoms with E-state index in [2.05, 4.69) is 10.6 Å². The third-order valence-electron chi connectivity index (χ3n) is 4.62. The molecule has 10 nitrogen and oxygen atoms in total. The molecule has 1 aliphatic rings. The van der Waals surface area contributed by atoms with Crippen molar-refractivity contribution in [3.8, 4) is 0 Å². The maximum absolute atomic E-state index is 12.8. The van der Waals surface area contributed by atoms with Crippen LogP contribution in [0.4, 0.5) is 5.69 Å². The average Bonchev–Trinajstić information content (AvgIpc) is 3.16. The lowest BCUT2D eigenvalue weighted by molar-refractivity contribution is -0.141. The van der Waals surface area contributed by atoms with Gasteiger partial charge in [-0.2, -0.15) is 0 Å². The molecule has 0 aromatic heterocycles. The zero-order valence-electron chi connectivity index (χ0n) is 16.0. The first kappa shape index (κ1) is 21.9. The summed E-state index contributed by atoms with van der Waals surface area (Å²) < 4.78 is 0. The van der Waals surface area contributed by atoms with Crippen molar-refractivity contribution in [1.29, 1.82) is 0 Å². The van der Waals surface area contributed by atoms with Gasteiger partial charge in [0, 0.05) is 17.8 Å². The van der Waals surface area contributed by atoms with Crippen LogP contribution in [-0.2, 0) is 19.2 Å². The van der Waals surface area contributed by atoms with Crippen LogP contribution in [0.25, 0.3) is 0 Å². The van der Waals surface area contributed by atoms with Gasteiger partial charge in [-0.1, -0.05) is 0 Å². The predicted molar refractivity (Wildman–Crippen MR) is 103 cm³/mol. The largest absolute Gasteiger partial charge is 0.481 e. The Morgan fingerprint density at radius 3 is 2.48 bits per heavy atom. The Morgan fingerprint density at radius 2 is 1.90 bits per heavy atom. The standard InChI is InChI=1S/C19H24N4O6/c1-11(21-17(27)12-4-6-13(20)7-5-12)19(29)23-8-2-3-15(23)18(28)22-14(10-24)9-16(25)26/h4-7,10-11,14-15H,2-3,8-9,20H2,1H3,(H,21,27)(H,22,28)(H,25,26)/t11?,14-,15-/m0/s1. The molecular weight excluding hydrogens is 380 g/mol. The molecule has 1 saturated heterocycles. The Labute approximate surface area is 167 Å². The topological polar surface area (TPSA) is 159 Å². The van der Waals surface area contributed by atoms with Crippen molar-refractivity contribution in [2.45, 2.75) is 44.3 Å². The number of carbonyl (C=O) groups excluding carboxylic acids is 4. The van der Waals surface area contributed by atoms with E-state index in [-0.39, 0.29) is 0 Å². The second kappa shape index (κ2) is 9.67. The molecule has 1 heterocycles. The van der Waals surface area contributed by atoms with Gasteiger partial charge in [-0.3, -0.25) is 19.2 Å². The number of hydrogen-bond acceptors (Lipinski definition) is 6. The fourth-order valence-corrected chi connectivity index (χ4v) is 3.13. The van der Waals surface area contributed by atoms with E-state index >= 15 is 0 Å². The molecule has 3 atom stereocenters. The van der Waals surface area contributed by atoms with E-state index in [1.807, 2.05) is 0 Å². The van der Waals surface area contributed by atoms with E-state index < -0.39 is 48.2 Å². The molecule has 1 aromatic carbocycles. The Bertz CT molecular complexity index is 794. The van der Waals surface area contributed by atoms with Crippen LogP contribution in [0.3, 0.4) is 0 Å². The Kier molecular flexibility index (Phi) is 7.29. The summed E-state index contributed by atoms with van der Waals surface area (Å²) in [4.78, 5) is 60.6. The van der Waals surface area contributed by atoms with E-state index in [0.717, 1.165) is 0 Å². The highest BCUT2D eigenvalue weighted by Gasteiger charge is 2.37. The monoisotopic (exact) mass is 404 g/mol. The molecule has 0 radical (unpaired) electrons. The number of benzene rings is 1. The van der Waals surface area contributed by atoms with Gasteiger partial charge in [-0.25, -0.2) is 0 Å². The van der Waals surface area contributed by atoms with Gasteiger partial charge >= 0.3 is 5.97 Å². The molecule has 0 saturated carbocycles. The number of nitrogens with one attached hydrogen (secondary N) is 2. The van der Waals surface area contributed by atoms with Crippen molar-refractivity contribution in [2.24, 2.45) is 0 Å². The molecule has 1 unspecified atom stereocenters. The van der Waals surface area contributed by atoms with Crippen LogP contribution in [0, 0.1) is 0 Å². The lowest BCUT2D eigenvalue weighted by Crippen LogP contribution is -2.54. The van der Waals surface area contributed by atoms with Gasteiger partial charge in [0.25, 0.3) is 5.91 Å². The van der Waals surface area contributed by atoms with Gasteiger partial charge in [0.1, 0.15) is 18.4 Å². The molecule has 5 N–H and O–H groups in total. The molecule has 1 aliphatic heterocycles. The molecule has 3 amide bonds. The first-order valence-electron chi connectivity index (χ1n) is 9.17. The summed E-state index contributed by atoms with van der Waals surface area (Å²) in [6.45, 7) is 1.84. The lowest BCUT2D eigenvalue weighted by atomic mass is 10.1. The molecule has 0 aliphatic carbocycles. The fourth-order valence-electron chi connectivity index (χ4n) is 3.13. The molecule has 0 bridgehead atoms. The van der Waals surface area contributed by atoms with Gasteiger partial charge < -0.3 is 31.2 Å². The number of aldehydes is 1. The van der Waals surface area contributed by atoms with Crippen LogP contribution < -0.4 is 16.4 Å². The van der Waals surface area contributed by atoms with Gasteiger partial charge in [0.15, 0.2) is 0 Å². The zero-order chi connectivity index (χ0) is 21.6. The first-order valence-corrected chi connectivity index (χ1v) is 9.17. The molecule has 1 aromatic rings. The highest BCUT2D eigenvalue weighted by molar-refractivity contribution is 5.98. The van der Waals surface area contributed by atoms with Gasteiger partial charge in [-0.05, 0) is 44.0 Å². The quantitative estimate of drug-likeness (QED) is 0.337. The van der Waals surface area contributed by atoms with Crippen LogP contribution >= 0.6 is 0 Å². The second-order valence-electron chi connectivity index (χ2n) is 6.86. The molecule has 10 heteroatoms. The number of likely N-dealkylation sites (tertiary alicyclic amines) is 1. The van der Waals surface area contributed by atoms with Crippen LogP contribution in [-0.4, -0.2) is 64.7 Å². The molecular formula is C19H24N4O6. The van der Waals surface area contributed by atoms with Gasteiger partial charge in [-0.15, -0.1) is 0 Å². The smallest absolute Gasteiger partial charge is 0.305 e. The highest BCUT2D eigenvalue weighted by atomic mass is 16.4. The van der Waals surface area contributed by atoms with Crippen LogP contribution in [0.15, 0.2) is 24.3 Å². The SMILES string of the molecule is CC(NC(=O)c1ccc(N)cc1)C(=O)N1CCC[C@H]1C(=O)N[C@H](C=O)CC(=O)O. The number of rotatable bonds is 8. The van der Waals surface area contributed by atoms with Crippen molar-refractivity contribution < 1.29 is 29.1 Å². The minimum atomic E-state index is -1.22. The summed E-state index contributed by atoms with van der Waals surface area (Å²) in [5, 5.41) is 13.7. The summed E-state index contributed by atoms with van der Waals surface area (Å²) in [6.07, 6.45) is 0.772. The number of carboxylic acids is 1. The third-order valence-corrected chi connectivity index (χ3v) is 4.62. The molecule has 0 spiro atoms. The summed E-state index contributed by atoms with van der Waals surface area (Å²) in [5.41, 5.74) is 6.44. The molecule has 29 heavy (non-hydrogen) atoms. The molecule has 156 valence electrons. The third kappa shape index (κ3) is 5.77. The van der Waals surface area contributed by atoms with Crippen LogP contribution in [0.1, 0.15) is 36.5 Å². The minimum Gasteiger partial charge on any atom is -0.481 e. The number of nitrogens with zero attached hydrogens (tertiary/aromatic N) is 1. The van der Waals surface area contributed by atoms with E-state index in [1.165, 1.54) is 24.0 Å². The van der Waals surface area contributed by atoms with Crippen LogP contribution in [0.2, 0.25) is 0 Å². The van der Waals surface area contributed by atoms with E-state index in [0.29, 0.717) is 36.9 Å². The summed E-state index contributed by atoms with van der Waals surface area (Å²) in [6, 6.07) is 3.35. The van der Waals surface area contributed by atoms with Crippen molar-refractivity contribution in [2.75, 3.05) is 12.3 Å². The molecule has 1 fully saturated rings. The number of aliphatic carboxylic acids is 1. The van der Waals surface area contributed by atoms with Gasteiger partial charge in [0.2, 0.25) is 11.8 Å². The second-order valence-corrected chi connectivity index (χ2v) is 6.86. The number of carboxylic acid groups (broad SMARTS) is 1. The fraction of sp³-hybridized carbons (Fsp3) is 0.421. The zero-order valence-corrected chi connectivity index (χ0v) is 16.0. The summed E-state index contributed by atoms with van der Waals surface area (Å²) in [7, 11) is 0. The predicted octanol–water partition coefficient (Wildman–Crippen LogP) is -0.463. The van der Waals surface area contributed by atoms with Crippen molar-refractivity contribution in [1.82, 2.24) is 15.5 Å². The van der Waals surface area contributed by atoms with Crippen molar-refractivity contribution in [3.63, 3.8) is 0 Å². The first-order chi connectivity index (χ1) is 13.7. The van der Waals surface area contributed by atoms with Crippen LogP contribution in [0.5, 0.6) is 0 Å². The maximum atomic E-state index is 12.8. The number of nitrogens with two attached hydrogens (primary N) is 1. The number of nitrogen functional groups attached to an aromatic ring is 1. The van der Waals surface area contributed by atoms with Crippen molar-refractivity contribution >= 4 is 35.7 Å². The lowest BCUT2D eigenvalue weighted by Gasteiger charge is -2.27. The van der Waals surface area contributed by atoms with Crippen molar-refractivity contribution in [3.05, 3.63) is 29.8 Å². The number of carbonyl (C=O) groups is 5. The minimum absolute atomic E-state index is 0.323. The van der Waals surface area contributed by atoms with Gasteiger partial charge in [0.05, 0.1) is 12.5 Å². The Balaban J connectivity index is 1.99.